The van der Waals surface area contributed by atoms with E-state index in [1.54, 1.807) is 17.7 Å². The molecule has 0 amide bonds. The second-order valence-electron chi connectivity index (χ2n) is 6.01. The Hall–Kier alpha value is -2.84. The average Bonchev–Trinajstić information content (AvgIpc) is 2.66. The van der Waals surface area contributed by atoms with E-state index in [-0.39, 0.29) is 15.7 Å². The van der Waals surface area contributed by atoms with E-state index >= 15 is 0 Å². The average molecular weight is 385 g/mol. The molecule has 2 aromatic heterocycles. The second kappa shape index (κ2) is 7.81. The number of nitrogens with zero attached hydrogens (tertiary/aromatic N) is 2. The van der Waals surface area contributed by atoms with E-state index < -0.39 is 11.5 Å². The van der Waals surface area contributed by atoms with Gasteiger partial charge in [0.15, 0.2) is 4.77 Å². The Kier molecular flexibility index (Phi) is 5.48. The number of H-pyrrole nitrogens is 1. The summed E-state index contributed by atoms with van der Waals surface area (Å²) in [6, 6.07) is 9.29. The van der Waals surface area contributed by atoms with Crippen LogP contribution in [0.3, 0.4) is 0 Å². The third-order valence-corrected chi connectivity index (χ3v) is 4.54. The molecular weight excluding hydrogens is 366 g/mol. The van der Waals surface area contributed by atoms with Crippen LogP contribution in [0.15, 0.2) is 35.1 Å². The van der Waals surface area contributed by atoms with E-state index in [0.29, 0.717) is 24.5 Å². The lowest BCUT2D eigenvalue weighted by atomic mass is 10.1. The topological polar surface area (TPSA) is 86.2 Å². The van der Waals surface area contributed by atoms with Gasteiger partial charge in [0, 0.05) is 12.7 Å². The number of fused-ring (bicyclic) bond motifs is 1. The van der Waals surface area contributed by atoms with Gasteiger partial charge in [-0.25, -0.2) is 9.78 Å². The Morgan fingerprint density at radius 2 is 1.96 bits per heavy atom. The molecule has 2 heterocycles. The molecule has 1 N–H and O–H groups in total. The largest absolute Gasteiger partial charge is 0.465 e. The first-order valence-corrected chi connectivity index (χ1v) is 8.69. The van der Waals surface area contributed by atoms with Crippen molar-refractivity contribution in [2.75, 3.05) is 20.8 Å². The second-order valence-corrected chi connectivity index (χ2v) is 6.40. The summed E-state index contributed by atoms with van der Waals surface area (Å²) in [5, 5.41) is 0.141. The monoisotopic (exact) mass is 385 g/mol. The van der Waals surface area contributed by atoms with E-state index in [2.05, 4.69) is 9.97 Å². The summed E-state index contributed by atoms with van der Waals surface area (Å²) in [7, 11) is 2.84. The minimum atomic E-state index is -0.614. The molecule has 0 aliphatic rings. The first-order valence-electron chi connectivity index (χ1n) is 8.28. The van der Waals surface area contributed by atoms with Gasteiger partial charge >= 0.3 is 5.97 Å². The third-order valence-electron chi connectivity index (χ3n) is 4.22. The number of carbonyl (C=O) groups excluding carboxylic acids is 1. The molecule has 0 aliphatic heterocycles. The standard InChI is InChI=1S/C19H19N3O4S/c1-11-4-6-12(7-5-11)14-10-13(18(24)26-3)15-16(20-14)22(8-9-25-2)19(27)21-17(15)23/h4-7,10H,8-9H2,1-3H3,(H,21,23,27). The number of methoxy groups -OCH3 is 2. The van der Waals surface area contributed by atoms with Gasteiger partial charge in [-0.3, -0.25) is 9.78 Å². The van der Waals surface area contributed by atoms with Crippen molar-refractivity contribution in [2.24, 2.45) is 0 Å². The number of hydrogen-bond donors (Lipinski definition) is 1. The molecule has 0 saturated carbocycles. The summed E-state index contributed by atoms with van der Waals surface area (Å²) < 4.78 is 11.9. The number of aryl methyl sites for hydroxylation is 1. The number of benzene rings is 1. The van der Waals surface area contributed by atoms with Gasteiger partial charge < -0.3 is 14.0 Å². The molecule has 0 radical (unpaired) electrons. The summed E-state index contributed by atoms with van der Waals surface area (Å²) >= 11 is 5.29. The van der Waals surface area contributed by atoms with Crippen LogP contribution in [0, 0.1) is 11.7 Å². The molecule has 1 aromatic carbocycles. The van der Waals surface area contributed by atoms with Crippen molar-refractivity contribution in [3.8, 4) is 11.3 Å². The van der Waals surface area contributed by atoms with Gasteiger partial charge in [-0.2, -0.15) is 0 Å². The number of ether oxygens (including phenoxy) is 2. The molecular formula is C19H19N3O4S. The molecule has 27 heavy (non-hydrogen) atoms. The van der Waals surface area contributed by atoms with E-state index in [4.69, 9.17) is 21.7 Å². The Balaban J connectivity index is 2.39. The maximum absolute atomic E-state index is 12.5. The maximum Gasteiger partial charge on any atom is 0.338 e. The van der Waals surface area contributed by atoms with Gasteiger partial charge in [-0.05, 0) is 25.2 Å². The molecule has 7 nitrogen and oxygen atoms in total. The van der Waals surface area contributed by atoms with Gasteiger partial charge in [0.2, 0.25) is 0 Å². The fourth-order valence-corrected chi connectivity index (χ4v) is 3.08. The minimum Gasteiger partial charge on any atom is -0.465 e. The van der Waals surface area contributed by atoms with Gasteiger partial charge in [-0.15, -0.1) is 0 Å². The summed E-state index contributed by atoms with van der Waals surface area (Å²) in [6.45, 7) is 2.74. The lowest BCUT2D eigenvalue weighted by Gasteiger charge is -2.13. The molecule has 3 aromatic rings. The van der Waals surface area contributed by atoms with Crippen molar-refractivity contribution in [3.05, 3.63) is 56.6 Å². The number of rotatable bonds is 5. The number of nitrogens with one attached hydrogen (secondary N) is 1. The normalized spacial score (nSPS) is 10.9. The lowest BCUT2D eigenvalue weighted by molar-refractivity contribution is 0.0603. The quantitative estimate of drug-likeness (QED) is 0.537. The summed E-state index contributed by atoms with van der Waals surface area (Å²) in [5.41, 5.74) is 2.45. The smallest absolute Gasteiger partial charge is 0.338 e. The minimum absolute atomic E-state index is 0.139. The molecule has 0 bridgehead atoms. The van der Waals surface area contributed by atoms with Crippen molar-refractivity contribution in [2.45, 2.75) is 13.5 Å². The molecule has 0 unspecified atom stereocenters. The van der Waals surface area contributed by atoms with E-state index in [1.165, 1.54) is 7.11 Å². The van der Waals surface area contributed by atoms with Crippen molar-refractivity contribution < 1.29 is 14.3 Å². The first kappa shape index (κ1) is 18.9. The van der Waals surface area contributed by atoms with Crippen LogP contribution in [0.1, 0.15) is 15.9 Å². The highest BCUT2D eigenvalue weighted by Gasteiger charge is 2.19. The van der Waals surface area contributed by atoms with Crippen LogP contribution in [0.2, 0.25) is 0 Å². The van der Waals surface area contributed by atoms with Crippen LogP contribution in [0.25, 0.3) is 22.3 Å². The number of pyridine rings is 1. The zero-order valence-electron chi connectivity index (χ0n) is 15.2. The van der Waals surface area contributed by atoms with Crippen LogP contribution in [-0.4, -0.2) is 41.3 Å². The Morgan fingerprint density at radius 3 is 2.59 bits per heavy atom. The molecule has 8 heteroatoms. The predicted molar refractivity (Wildman–Crippen MR) is 105 cm³/mol. The van der Waals surface area contributed by atoms with Crippen molar-refractivity contribution >= 4 is 29.2 Å². The first-order chi connectivity index (χ1) is 13.0. The number of aromatic amines is 1. The van der Waals surface area contributed by atoms with Crippen LogP contribution in [-0.2, 0) is 16.0 Å². The van der Waals surface area contributed by atoms with E-state index in [0.717, 1.165) is 11.1 Å². The molecule has 3 rings (SSSR count). The fraction of sp³-hybridized carbons (Fsp3) is 0.263. The molecule has 0 fully saturated rings. The van der Waals surface area contributed by atoms with Gasteiger partial charge in [0.1, 0.15) is 5.65 Å². The Morgan fingerprint density at radius 1 is 1.26 bits per heavy atom. The molecule has 140 valence electrons. The number of carbonyl (C=O) groups is 1. The van der Waals surface area contributed by atoms with Crippen LogP contribution in [0.4, 0.5) is 0 Å². The van der Waals surface area contributed by atoms with E-state index in [9.17, 15) is 9.59 Å². The highest BCUT2D eigenvalue weighted by atomic mass is 32.1. The van der Waals surface area contributed by atoms with Crippen molar-refractivity contribution in [1.82, 2.24) is 14.5 Å². The van der Waals surface area contributed by atoms with E-state index in [1.807, 2.05) is 31.2 Å². The molecule has 0 saturated heterocycles. The van der Waals surface area contributed by atoms with Crippen molar-refractivity contribution in [1.29, 1.82) is 0 Å². The highest BCUT2D eigenvalue weighted by Crippen LogP contribution is 2.24. The number of hydrogen-bond acceptors (Lipinski definition) is 6. The SMILES string of the molecule is COCCn1c(=S)[nH]c(=O)c2c(C(=O)OC)cc(-c3ccc(C)cc3)nc21. The Labute approximate surface area is 160 Å². The maximum atomic E-state index is 12.5. The lowest BCUT2D eigenvalue weighted by Crippen LogP contribution is -2.20. The fourth-order valence-electron chi connectivity index (χ4n) is 2.81. The highest BCUT2D eigenvalue weighted by molar-refractivity contribution is 7.71. The van der Waals surface area contributed by atoms with Crippen molar-refractivity contribution in [3.63, 3.8) is 0 Å². The third kappa shape index (κ3) is 3.67. The predicted octanol–water partition coefficient (Wildman–Crippen LogP) is 2.86. The zero-order valence-corrected chi connectivity index (χ0v) is 16.1. The molecule has 0 spiro atoms. The summed E-state index contributed by atoms with van der Waals surface area (Å²) in [4.78, 5) is 32.1. The van der Waals surface area contributed by atoms with Crippen LogP contribution >= 0.6 is 12.2 Å². The zero-order chi connectivity index (χ0) is 19.6. The molecule has 0 aliphatic carbocycles. The number of esters is 1. The van der Waals surface area contributed by atoms with Gasteiger partial charge in [0.05, 0.1) is 36.9 Å². The summed E-state index contributed by atoms with van der Waals surface area (Å²) in [5.74, 6) is -0.614. The number of aromatic nitrogens is 3. The Bertz CT molecular complexity index is 1120. The van der Waals surface area contributed by atoms with Crippen LogP contribution in [0.5, 0.6) is 0 Å². The van der Waals surface area contributed by atoms with Gasteiger partial charge in [0.25, 0.3) is 5.56 Å². The van der Waals surface area contributed by atoms with Crippen LogP contribution < -0.4 is 5.56 Å². The summed E-state index contributed by atoms with van der Waals surface area (Å²) in [6.07, 6.45) is 0. The van der Waals surface area contributed by atoms with Gasteiger partial charge in [-0.1, -0.05) is 29.8 Å². The molecule has 0 atom stereocenters.